The second-order valence-electron chi connectivity index (χ2n) is 8.83. The molecule has 1 saturated carbocycles. The summed E-state index contributed by atoms with van der Waals surface area (Å²) in [7, 11) is 0. The lowest BCUT2D eigenvalue weighted by Crippen LogP contribution is -2.25. The van der Waals surface area contributed by atoms with Crippen molar-refractivity contribution in [1.29, 1.82) is 0 Å². The van der Waals surface area contributed by atoms with Gasteiger partial charge in [0.1, 0.15) is 0 Å². The third kappa shape index (κ3) is 9.33. The molecule has 2 rings (SSSR count). The summed E-state index contributed by atoms with van der Waals surface area (Å²) in [4.78, 5) is 28.5. The van der Waals surface area contributed by atoms with Gasteiger partial charge in [0.05, 0.1) is 11.9 Å². The second-order valence-corrected chi connectivity index (χ2v) is 8.83. The molecule has 5 heteroatoms. The highest BCUT2D eigenvalue weighted by molar-refractivity contribution is 5.90. The number of allylic oxidation sites excluding steroid dienone is 4. The molecule has 1 aromatic rings. The van der Waals surface area contributed by atoms with Crippen LogP contribution in [0.3, 0.4) is 0 Å². The molecule has 1 heterocycles. The van der Waals surface area contributed by atoms with Gasteiger partial charge in [0, 0.05) is 30.2 Å². The van der Waals surface area contributed by atoms with Crippen LogP contribution in [0.4, 0.5) is 5.69 Å². The molecule has 2 N–H and O–H groups in total. The molecule has 0 aliphatic heterocycles. The molecule has 2 amide bonds. The largest absolute Gasteiger partial charge is 0.326 e. The summed E-state index contributed by atoms with van der Waals surface area (Å²) < 4.78 is 0. The van der Waals surface area contributed by atoms with Crippen molar-refractivity contribution in [2.45, 2.75) is 67.7 Å². The molecule has 1 atom stereocenters. The van der Waals surface area contributed by atoms with Crippen LogP contribution in [0.15, 0.2) is 54.4 Å². The van der Waals surface area contributed by atoms with Gasteiger partial charge in [-0.05, 0) is 48.5 Å². The van der Waals surface area contributed by atoms with Gasteiger partial charge in [-0.15, -0.1) is 0 Å². The van der Waals surface area contributed by atoms with Crippen molar-refractivity contribution in [2.75, 3.05) is 5.32 Å². The Bertz CT molecular complexity index is 818. The van der Waals surface area contributed by atoms with E-state index in [4.69, 9.17) is 0 Å². The molecule has 0 spiro atoms. The molecule has 0 saturated heterocycles. The number of aromatic nitrogens is 1. The topological polar surface area (TPSA) is 71.1 Å². The van der Waals surface area contributed by atoms with E-state index < -0.39 is 0 Å². The molecule has 170 valence electrons. The fourth-order valence-corrected chi connectivity index (χ4v) is 3.04. The smallest absolute Gasteiger partial charge is 0.228 e. The summed E-state index contributed by atoms with van der Waals surface area (Å²) in [6.07, 6.45) is 9.34. The van der Waals surface area contributed by atoms with E-state index in [2.05, 4.69) is 36.0 Å². The van der Waals surface area contributed by atoms with Crippen LogP contribution >= 0.6 is 0 Å². The van der Waals surface area contributed by atoms with Gasteiger partial charge in [-0.3, -0.25) is 14.6 Å². The lowest BCUT2D eigenvalue weighted by atomic mass is 10.1. The zero-order valence-electron chi connectivity index (χ0n) is 20.2. The van der Waals surface area contributed by atoms with Crippen LogP contribution in [-0.4, -0.2) is 16.8 Å². The lowest BCUT2D eigenvalue weighted by Gasteiger charge is -2.08. The van der Waals surface area contributed by atoms with E-state index in [1.807, 2.05) is 65.0 Å². The van der Waals surface area contributed by atoms with Gasteiger partial charge in [0.2, 0.25) is 11.8 Å². The molecule has 1 fully saturated rings. The Morgan fingerprint density at radius 1 is 1.26 bits per heavy atom. The third-order valence-electron chi connectivity index (χ3n) is 5.02. The van der Waals surface area contributed by atoms with E-state index in [0.717, 1.165) is 23.4 Å². The highest BCUT2D eigenvalue weighted by atomic mass is 16.2. The molecule has 31 heavy (non-hydrogen) atoms. The van der Waals surface area contributed by atoms with Crippen molar-refractivity contribution >= 4 is 17.5 Å². The molecule has 0 aromatic carbocycles. The maximum Gasteiger partial charge on any atom is 0.228 e. The third-order valence-corrected chi connectivity index (χ3v) is 5.02. The van der Waals surface area contributed by atoms with Crippen LogP contribution in [0.25, 0.3) is 0 Å². The predicted molar refractivity (Wildman–Crippen MR) is 129 cm³/mol. The quantitative estimate of drug-likeness (QED) is 0.490. The minimum atomic E-state index is -0.00240. The minimum absolute atomic E-state index is 0.00240. The first-order chi connectivity index (χ1) is 14.6. The summed E-state index contributed by atoms with van der Waals surface area (Å²) in [6, 6.07) is 3.74. The molecule has 0 bridgehead atoms. The SMILES string of the molecule is C=C(/C=C\C(=C/C)NC(=O)C1CC1(C)C)Cc1ccc(NC(=O)CC(C)C)cn1.CC. The Labute approximate surface area is 188 Å². The predicted octanol–water partition coefficient (Wildman–Crippen LogP) is 5.81. The maximum absolute atomic E-state index is 12.2. The van der Waals surface area contributed by atoms with Crippen molar-refractivity contribution in [3.05, 3.63) is 60.1 Å². The summed E-state index contributed by atoms with van der Waals surface area (Å²) in [6.45, 7) is 18.2. The Morgan fingerprint density at radius 3 is 2.39 bits per heavy atom. The molecule has 0 radical (unpaired) electrons. The average Bonchev–Trinajstić information content (AvgIpc) is 3.36. The number of amides is 2. The monoisotopic (exact) mass is 425 g/mol. The number of hydrogen-bond donors (Lipinski definition) is 2. The Hall–Kier alpha value is -2.69. The van der Waals surface area contributed by atoms with Crippen molar-refractivity contribution in [3.8, 4) is 0 Å². The Kier molecular flexibility index (Phi) is 10.4. The van der Waals surface area contributed by atoms with Crippen LogP contribution in [0.5, 0.6) is 0 Å². The molecular weight excluding hydrogens is 386 g/mol. The molecule has 1 aromatic heterocycles. The van der Waals surface area contributed by atoms with Crippen molar-refractivity contribution in [2.24, 2.45) is 17.3 Å². The molecular formula is C26H39N3O2. The van der Waals surface area contributed by atoms with Gasteiger partial charge < -0.3 is 10.6 Å². The number of anilines is 1. The number of hydrogen-bond acceptors (Lipinski definition) is 3. The first-order valence-corrected chi connectivity index (χ1v) is 11.2. The van der Waals surface area contributed by atoms with Gasteiger partial charge in [0.25, 0.3) is 0 Å². The van der Waals surface area contributed by atoms with E-state index in [1.54, 1.807) is 6.20 Å². The van der Waals surface area contributed by atoms with Gasteiger partial charge >= 0.3 is 0 Å². The first-order valence-electron chi connectivity index (χ1n) is 11.2. The Morgan fingerprint density at radius 2 is 1.90 bits per heavy atom. The van der Waals surface area contributed by atoms with Crippen molar-refractivity contribution in [1.82, 2.24) is 10.3 Å². The zero-order valence-corrected chi connectivity index (χ0v) is 20.2. The van der Waals surface area contributed by atoms with Gasteiger partial charge in [-0.1, -0.05) is 60.3 Å². The average molecular weight is 426 g/mol. The van der Waals surface area contributed by atoms with Crippen molar-refractivity contribution in [3.63, 3.8) is 0 Å². The van der Waals surface area contributed by atoms with E-state index in [9.17, 15) is 9.59 Å². The van der Waals surface area contributed by atoms with Crippen LogP contribution in [-0.2, 0) is 16.0 Å². The first kappa shape index (κ1) is 26.3. The number of nitrogens with one attached hydrogen (secondary N) is 2. The fourth-order valence-electron chi connectivity index (χ4n) is 3.04. The molecule has 5 nitrogen and oxygen atoms in total. The lowest BCUT2D eigenvalue weighted by molar-refractivity contribution is -0.122. The summed E-state index contributed by atoms with van der Waals surface area (Å²) in [5.41, 5.74) is 3.33. The number of nitrogens with zero attached hydrogens (tertiary/aromatic N) is 1. The Balaban J connectivity index is 0.00000233. The van der Waals surface area contributed by atoms with Crippen LogP contribution in [0.2, 0.25) is 0 Å². The zero-order chi connectivity index (χ0) is 23.6. The number of rotatable bonds is 9. The standard InChI is InChI=1S/C24H33N3O2.C2H6/c1-7-18(27-23(29)21-14-24(21,5)6)9-8-17(4)13-19-10-11-20(15-25-19)26-22(28)12-16(2)3;1-2/h7-11,15-16,21H,4,12-14H2,1-3,5-6H3,(H,26,28)(H,27,29);1-2H3/b9-8-,18-7+;. The van der Waals surface area contributed by atoms with E-state index in [1.165, 1.54) is 0 Å². The van der Waals surface area contributed by atoms with Crippen LogP contribution in [0.1, 0.15) is 67.0 Å². The van der Waals surface area contributed by atoms with Gasteiger partial charge in [-0.2, -0.15) is 0 Å². The maximum atomic E-state index is 12.2. The van der Waals surface area contributed by atoms with Crippen LogP contribution in [0, 0.1) is 17.3 Å². The van der Waals surface area contributed by atoms with Gasteiger partial charge in [-0.25, -0.2) is 0 Å². The molecule has 1 aliphatic carbocycles. The minimum Gasteiger partial charge on any atom is -0.326 e. The van der Waals surface area contributed by atoms with Gasteiger partial charge in [0.15, 0.2) is 0 Å². The fraction of sp³-hybridized carbons (Fsp3) is 0.500. The summed E-state index contributed by atoms with van der Waals surface area (Å²) >= 11 is 0. The van der Waals surface area contributed by atoms with E-state index in [-0.39, 0.29) is 23.1 Å². The van der Waals surface area contributed by atoms with E-state index >= 15 is 0 Å². The molecule has 1 aliphatic rings. The second kappa shape index (κ2) is 12.2. The van der Waals surface area contributed by atoms with Crippen molar-refractivity contribution < 1.29 is 9.59 Å². The number of carbonyl (C=O) groups excluding carboxylic acids is 2. The number of pyridine rings is 1. The number of carbonyl (C=O) groups is 2. The highest BCUT2D eigenvalue weighted by Crippen LogP contribution is 2.51. The van der Waals surface area contributed by atoms with E-state index in [0.29, 0.717) is 24.4 Å². The highest BCUT2D eigenvalue weighted by Gasteiger charge is 2.50. The summed E-state index contributed by atoms with van der Waals surface area (Å²) in [5, 5.41) is 5.83. The summed E-state index contributed by atoms with van der Waals surface area (Å²) in [5.74, 6) is 0.491. The molecule has 1 unspecified atom stereocenters. The van der Waals surface area contributed by atoms with Crippen LogP contribution < -0.4 is 10.6 Å². The normalized spacial score (nSPS) is 17.0.